The molecule has 2 heterocycles. The summed E-state index contributed by atoms with van der Waals surface area (Å²) in [5, 5.41) is 7.77. The highest BCUT2D eigenvalue weighted by molar-refractivity contribution is 14.0. The van der Waals surface area contributed by atoms with Gasteiger partial charge in [-0.05, 0) is 19.8 Å². The minimum Gasteiger partial charge on any atom is -0.376 e. The zero-order valence-electron chi connectivity index (χ0n) is 14.6. The zero-order chi connectivity index (χ0) is 16.8. The molecule has 0 amide bonds. The third-order valence-electron chi connectivity index (χ3n) is 4.07. The van der Waals surface area contributed by atoms with E-state index in [1.165, 1.54) is 4.88 Å². The van der Waals surface area contributed by atoms with Crippen molar-refractivity contribution in [2.24, 2.45) is 4.99 Å². The van der Waals surface area contributed by atoms with Gasteiger partial charge < -0.3 is 15.4 Å². The Balaban J connectivity index is 0.00000225. The van der Waals surface area contributed by atoms with E-state index >= 15 is 0 Å². The highest BCUT2D eigenvalue weighted by atomic mass is 127. The summed E-state index contributed by atoms with van der Waals surface area (Å²) < 4.78 is 5.63. The van der Waals surface area contributed by atoms with E-state index in [1.54, 1.807) is 18.4 Å². The number of aryl methyl sites for hydroxylation is 1. The Morgan fingerprint density at radius 2 is 2.12 bits per heavy atom. The second-order valence-corrected chi connectivity index (χ2v) is 6.92. The predicted molar refractivity (Wildman–Crippen MR) is 115 cm³/mol. The lowest BCUT2D eigenvalue weighted by Gasteiger charge is -2.14. The van der Waals surface area contributed by atoms with Gasteiger partial charge in [0.25, 0.3) is 0 Å². The Labute approximate surface area is 170 Å². The Morgan fingerprint density at radius 3 is 2.80 bits per heavy atom. The molecule has 0 aliphatic carbocycles. The van der Waals surface area contributed by atoms with E-state index in [-0.39, 0.29) is 24.0 Å². The summed E-state index contributed by atoms with van der Waals surface area (Å²) in [6.07, 6.45) is 2.58. The SMILES string of the molecule is CN=C(NCc1sc(-c2ccccc2)nc1C)NCC1CCCO1.I. The molecule has 1 aliphatic heterocycles. The van der Waals surface area contributed by atoms with Crippen LogP contribution in [0.2, 0.25) is 0 Å². The van der Waals surface area contributed by atoms with Gasteiger partial charge in [0.2, 0.25) is 0 Å². The Morgan fingerprint density at radius 1 is 1.32 bits per heavy atom. The first kappa shape index (κ1) is 20.1. The molecule has 2 N–H and O–H groups in total. The average molecular weight is 472 g/mol. The maximum absolute atomic E-state index is 5.63. The summed E-state index contributed by atoms with van der Waals surface area (Å²) >= 11 is 1.73. The molecule has 1 saturated heterocycles. The number of hydrogen-bond acceptors (Lipinski definition) is 4. The first-order valence-electron chi connectivity index (χ1n) is 8.34. The van der Waals surface area contributed by atoms with Crippen LogP contribution in [0.15, 0.2) is 35.3 Å². The summed E-state index contributed by atoms with van der Waals surface area (Å²) in [7, 11) is 1.79. The molecule has 0 bridgehead atoms. The first-order valence-corrected chi connectivity index (χ1v) is 9.15. The van der Waals surface area contributed by atoms with Gasteiger partial charge in [0.15, 0.2) is 5.96 Å². The molecule has 3 rings (SSSR count). The fraction of sp³-hybridized carbons (Fsp3) is 0.444. The van der Waals surface area contributed by atoms with Gasteiger partial charge in [-0.3, -0.25) is 4.99 Å². The maximum atomic E-state index is 5.63. The van der Waals surface area contributed by atoms with Crippen molar-refractivity contribution in [1.29, 1.82) is 0 Å². The van der Waals surface area contributed by atoms with Crippen LogP contribution in [0.5, 0.6) is 0 Å². The highest BCUT2D eigenvalue weighted by Gasteiger charge is 2.16. The summed E-state index contributed by atoms with van der Waals surface area (Å²) in [5.41, 5.74) is 2.23. The second-order valence-electron chi connectivity index (χ2n) is 5.84. The molecule has 0 saturated carbocycles. The number of nitrogens with zero attached hydrogens (tertiary/aromatic N) is 2. The number of benzene rings is 1. The predicted octanol–water partition coefficient (Wildman–Crippen LogP) is 3.58. The molecule has 2 aromatic rings. The summed E-state index contributed by atoms with van der Waals surface area (Å²) in [6, 6.07) is 10.3. The lowest BCUT2D eigenvalue weighted by Crippen LogP contribution is -2.40. The minimum absolute atomic E-state index is 0. The van der Waals surface area contributed by atoms with Crippen molar-refractivity contribution in [3.05, 3.63) is 40.9 Å². The molecule has 1 aromatic carbocycles. The molecule has 7 heteroatoms. The zero-order valence-corrected chi connectivity index (χ0v) is 17.8. The number of guanidine groups is 1. The molecule has 1 aliphatic rings. The van der Waals surface area contributed by atoms with E-state index in [0.29, 0.717) is 6.10 Å². The Bertz CT molecular complexity index is 684. The molecule has 0 spiro atoms. The van der Waals surface area contributed by atoms with Gasteiger partial charge in [-0.2, -0.15) is 0 Å². The Kier molecular flexibility index (Phi) is 8.11. The quantitative estimate of drug-likeness (QED) is 0.397. The van der Waals surface area contributed by atoms with Gasteiger partial charge in [0, 0.05) is 30.6 Å². The van der Waals surface area contributed by atoms with E-state index in [9.17, 15) is 0 Å². The fourth-order valence-electron chi connectivity index (χ4n) is 2.70. The van der Waals surface area contributed by atoms with Crippen LogP contribution in [0.1, 0.15) is 23.4 Å². The van der Waals surface area contributed by atoms with Crippen molar-refractivity contribution in [3.8, 4) is 10.6 Å². The molecule has 1 fully saturated rings. The van der Waals surface area contributed by atoms with Crippen LogP contribution in [0.4, 0.5) is 0 Å². The number of rotatable bonds is 5. The van der Waals surface area contributed by atoms with Gasteiger partial charge in [-0.15, -0.1) is 35.3 Å². The molecule has 136 valence electrons. The standard InChI is InChI=1S/C18H24N4OS.HI/c1-13-16(24-17(22-13)14-7-4-3-5-8-14)12-21-18(19-2)20-11-15-9-6-10-23-15;/h3-5,7-8,15H,6,9-12H2,1-2H3,(H2,19,20,21);1H. The number of ether oxygens (including phenoxy) is 1. The van der Waals surface area contributed by atoms with Crippen molar-refractivity contribution >= 4 is 41.3 Å². The highest BCUT2D eigenvalue weighted by Crippen LogP contribution is 2.27. The van der Waals surface area contributed by atoms with Gasteiger partial charge in [-0.25, -0.2) is 4.98 Å². The van der Waals surface area contributed by atoms with Gasteiger partial charge in [0.05, 0.1) is 18.3 Å². The van der Waals surface area contributed by atoms with Gasteiger partial charge in [-0.1, -0.05) is 30.3 Å². The number of aromatic nitrogens is 1. The molecule has 1 unspecified atom stereocenters. The summed E-state index contributed by atoms with van der Waals surface area (Å²) in [6.45, 7) is 4.46. The minimum atomic E-state index is 0. The van der Waals surface area contributed by atoms with Crippen LogP contribution in [-0.2, 0) is 11.3 Å². The molecular formula is C18H25IN4OS. The molecular weight excluding hydrogens is 447 g/mol. The number of halogens is 1. The molecule has 25 heavy (non-hydrogen) atoms. The second kappa shape index (κ2) is 10.1. The number of nitrogens with one attached hydrogen (secondary N) is 2. The monoisotopic (exact) mass is 472 g/mol. The van der Waals surface area contributed by atoms with E-state index < -0.39 is 0 Å². The average Bonchev–Trinajstić information content (AvgIpc) is 3.26. The molecule has 1 aromatic heterocycles. The lowest BCUT2D eigenvalue weighted by atomic mass is 10.2. The number of thiazole rings is 1. The Hall–Kier alpha value is -1.19. The van der Waals surface area contributed by atoms with Gasteiger partial charge in [0.1, 0.15) is 5.01 Å². The van der Waals surface area contributed by atoms with Crippen molar-refractivity contribution in [1.82, 2.24) is 15.6 Å². The third kappa shape index (κ3) is 5.65. The number of hydrogen-bond donors (Lipinski definition) is 2. The van der Waals surface area contributed by atoms with Crippen molar-refractivity contribution in [2.75, 3.05) is 20.2 Å². The van der Waals surface area contributed by atoms with E-state index in [4.69, 9.17) is 9.72 Å². The summed E-state index contributed by atoms with van der Waals surface area (Å²) in [4.78, 5) is 10.2. The fourth-order valence-corrected chi connectivity index (χ4v) is 3.70. The van der Waals surface area contributed by atoms with Crippen LogP contribution < -0.4 is 10.6 Å². The van der Waals surface area contributed by atoms with Crippen molar-refractivity contribution in [3.63, 3.8) is 0 Å². The third-order valence-corrected chi connectivity index (χ3v) is 5.28. The van der Waals surface area contributed by atoms with Crippen LogP contribution in [0, 0.1) is 6.92 Å². The molecule has 0 radical (unpaired) electrons. The van der Waals surface area contributed by atoms with Crippen molar-refractivity contribution < 1.29 is 4.74 Å². The normalized spacial score (nSPS) is 17.2. The summed E-state index contributed by atoms with van der Waals surface area (Å²) in [5.74, 6) is 0.805. The van der Waals surface area contributed by atoms with Crippen LogP contribution >= 0.6 is 35.3 Å². The molecule has 5 nitrogen and oxygen atoms in total. The lowest BCUT2D eigenvalue weighted by molar-refractivity contribution is 0.114. The topological polar surface area (TPSA) is 58.5 Å². The van der Waals surface area contributed by atoms with Crippen LogP contribution in [0.3, 0.4) is 0 Å². The van der Waals surface area contributed by atoms with Crippen molar-refractivity contribution in [2.45, 2.75) is 32.4 Å². The van der Waals surface area contributed by atoms with Crippen LogP contribution in [-0.4, -0.2) is 37.2 Å². The first-order chi connectivity index (χ1) is 11.8. The number of aliphatic imine (C=N–C) groups is 1. The van der Waals surface area contributed by atoms with E-state index in [2.05, 4.69) is 34.7 Å². The smallest absolute Gasteiger partial charge is 0.191 e. The van der Waals surface area contributed by atoms with Gasteiger partial charge >= 0.3 is 0 Å². The molecule has 1 atom stereocenters. The maximum Gasteiger partial charge on any atom is 0.191 e. The van der Waals surface area contributed by atoms with E-state index in [0.717, 1.165) is 54.8 Å². The largest absolute Gasteiger partial charge is 0.376 e. The van der Waals surface area contributed by atoms with Crippen LogP contribution in [0.25, 0.3) is 10.6 Å². The van der Waals surface area contributed by atoms with E-state index in [1.807, 2.05) is 18.2 Å².